The average molecular weight is 306 g/mol. The Balaban J connectivity index is 2.24. The van der Waals surface area contributed by atoms with E-state index in [1.54, 1.807) is 18.0 Å². The van der Waals surface area contributed by atoms with Crippen molar-refractivity contribution in [1.29, 1.82) is 0 Å². The third-order valence-electron chi connectivity index (χ3n) is 4.44. The van der Waals surface area contributed by atoms with Gasteiger partial charge in [-0.15, -0.1) is 11.8 Å². The van der Waals surface area contributed by atoms with Crippen LogP contribution in [0.15, 0.2) is 23.4 Å². The molecule has 2 unspecified atom stereocenters. The molecule has 1 amide bonds. The fourth-order valence-corrected chi connectivity index (χ4v) is 3.46. The van der Waals surface area contributed by atoms with Gasteiger partial charge in [0.1, 0.15) is 0 Å². The molecule has 1 aromatic heterocycles. The normalized spacial score (nSPS) is 23.2. The molecule has 2 rings (SSSR count). The summed E-state index contributed by atoms with van der Waals surface area (Å²) in [7, 11) is 0. The van der Waals surface area contributed by atoms with Crippen LogP contribution in [0.5, 0.6) is 0 Å². The van der Waals surface area contributed by atoms with Gasteiger partial charge < -0.3 is 4.90 Å². The standard InChI is InChI=1S/C17H26N2OS/c1-12(2)15-6-5-13(3)8-10-19(15)17(20)14-7-9-18-16(11-14)21-4/h7,9,11-13,15H,5-6,8,10H2,1-4H3. The summed E-state index contributed by atoms with van der Waals surface area (Å²) in [4.78, 5) is 19.3. The van der Waals surface area contributed by atoms with Crippen LogP contribution in [0.4, 0.5) is 0 Å². The van der Waals surface area contributed by atoms with Gasteiger partial charge in [-0.2, -0.15) is 0 Å². The highest BCUT2D eigenvalue weighted by atomic mass is 32.2. The number of thioether (sulfide) groups is 1. The van der Waals surface area contributed by atoms with E-state index in [2.05, 4.69) is 30.7 Å². The molecule has 3 nitrogen and oxygen atoms in total. The summed E-state index contributed by atoms with van der Waals surface area (Å²) in [6.07, 6.45) is 7.17. The van der Waals surface area contributed by atoms with Crippen LogP contribution in [0.1, 0.15) is 50.4 Å². The Bertz CT molecular complexity index is 489. The van der Waals surface area contributed by atoms with E-state index in [4.69, 9.17) is 0 Å². The van der Waals surface area contributed by atoms with Crippen molar-refractivity contribution in [2.75, 3.05) is 12.8 Å². The highest BCUT2D eigenvalue weighted by Crippen LogP contribution is 2.27. The van der Waals surface area contributed by atoms with Gasteiger partial charge in [0.05, 0.1) is 5.03 Å². The van der Waals surface area contributed by atoms with Gasteiger partial charge in [-0.3, -0.25) is 4.79 Å². The van der Waals surface area contributed by atoms with E-state index in [0.717, 1.165) is 30.0 Å². The Hall–Kier alpha value is -1.03. The summed E-state index contributed by atoms with van der Waals surface area (Å²) >= 11 is 1.58. The van der Waals surface area contributed by atoms with Crippen LogP contribution >= 0.6 is 11.8 Å². The summed E-state index contributed by atoms with van der Waals surface area (Å²) < 4.78 is 0. The Morgan fingerprint density at radius 1 is 1.38 bits per heavy atom. The molecule has 0 bridgehead atoms. The summed E-state index contributed by atoms with van der Waals surface area (Å²) in [6, 6.07) is 4.11. The highest BCUT2D eigenvalue weighted by Gasteiger charge is 2.30. The fraction of sp³-hybridized carbons (Fsp3) is 0.647. The Kier molecular flexibility index (Phi) is 5.68. The predicted octanol–water partition coefficient (Wildman–Crippen LogP) is 4.09. The van der Waals surface area contributed by atoms with E-state index in [0.29, 0.717) is 17.9 Å². The van der Waals surface area contributed by atoms with Gasteiger partial charge in [-0.25, -0.2) is 4.98 Å². The quantitative estimate of drug-likeness (QED) is 0.789. The first-order valence-corrected chi connectivity index (χ1v) is 9.06. The number of nitrogens with zero attached hydrogens (tertiary/aromatic N) is 2. The van der Waals surface area contributed by atoms with Crippen LogP contribution in [0, 0.1) is 11.8 Å². The number of hydrogen-bond acceptors (Lipinski definition) is 3. The topological polar surface area (TPSA) is 33.2 Å². The SMILES string of the molecule is CSc1cc(C(=O)N2CCC(C)CCC2C(C)C)ccn1. The maximum absolute atomic E-state index is 12.9. The third kappa shape index (κ3) is 4.00. The van der Waals surface area contributed by atoms with E-state index < -0.39 is 0 Å². The monoisotopic (exact) mass is 306 g/mol. The zero-order valence-corrected chi connectivity index (χ0v) is 14.3. The summed E-state index contributed by atoms with van der Waals surface area (Å²) in [6.45, 7) is 7.62. The van der Waals surface area contributed by atoms with Crippen molar-refractivity contribution in [3.8, 4) is 0 Å². The molecule has 21 heavy (non-hydrogen) atoms. The number of carbonyl (C=O) groups is 1. The van der Waals surface area contributed by atoms with Crippen molar-refractivity contribution in [2.24, 2.45) is 11.8 Å². The molecular formula is C17H26N2OS. The second-order valence-corrected chi connectivity index (χ2v) is 7.19. The van der Waals surface area contributed by atoms with Crippen molar-refractivity contribution in [1.82, 2.24) is 9.88 Å². The molecular weight excluding hydrogens is 280 g/mol. The molecule has 4 heteroatoms. The van der Waals surface area contributed by atoms with Crippen LogP contribution in [-0.4, -0.2) is 34.6 Å². The molecule has 1 aliphatic heterocycles. The Labute approximate surface area is 132 Å². The summed E-state index contributed by atoms with van der Waals surface area (Å²) in [5, 5.41) is 0.908. The number of amides is 1. The smallest absolute Gasteiger partial charge is 0.254 e. The molecule has 0 aliphatic carbocycles. The zero-order chi connectivity index (χ0) is 15.4. The van der Waals surface area contributed by atoms with Crippen molar-refractivity contribution in [2.45, 2.75) is 51.1 Å². The summed E-state index contributed by atoms with van der Waals surface area (Å²) in [5.74, 6) is 1.38. The molecule has 2 heterocycles. The molecule has 0 radical (unpaired) electrons. The maximum Gasteiger partial charge on any atom is 0.254 e. The van der Waals surface area contributed by atoms with E-state index in [-0.39, 0.29) is 5.91 Å². The second-order valence-electron chi connectivity index (χ2n) is 6.37. The van der Waals surface area contributed by atoms with Crippen LogP contribution in [0.3, 0.4) is 0 Å². The largest absolute Gasteiger partial charge is 0.335 e. The number of hydrogen-bond donors (Lipinski definition) is 0. The van der Waals surface area contributed by atoms with Gasteiger partial charge in [0, 0.05) is 24.3 Å². The molecule has 2 atom stereocenters. The van der Waals surface area contributed by atoms with Crippen LogP contribution in [0.25, 0.3) is 0 Å². The van der Waals surface area contributed by atoms with Gasteiger partial charge in [-0.05, 0) is 49.5 Å². The lowest BCUT2D eigenvalue weighted by molar-refractivity contribution is 0.0631. The molecule has 0 saturated carbocycles. The lowest BCUT2D eigenvalue weighted by Crippen LogP contribution is -2.43. The number of likely N-dealkylation sites (tertiary alicyclic amines) is 1. The van der Waals surface area contributed by atoms with Gasteiger partial charge in [0.2, 0.25) is 0 Å². The highest BCUT2D eigenvalue weighted by molar-refractivity contribution is 7.98. The van der Waals surface area contributed by atoms with E-state index in [1.807, 2.05) is 18.4 Å². The Morgan fingerprint density at radius 3 is 2.81 bits per heavy atom. The first kappa shape index (κ1) is 16.3. The summed E-state index contributed by atoms with van der Waals surface area (Å²) in [5.41, 5.74) is 0.773. The Morgan fingerprint density at radius 2 is 2.14 bits per heavy atom. The van der Waals surface area contributed by atoms with Gasteiger partial charge in [-0.1, -0.05) is 20.8 Å². The third-order valence-corrected chi connectivity index (χ3v) is 5.08. The van der Waals surface area contributed by atoms with Gasteiger partial charge >= 0.3 is 0 Å². The molecule has 0 spiro atoms. The second kappa shape index (κ2) is 7.30. The van der Waals surface area contributed by atoms with Crippen molar-refractivity contribution >= 4 is 17.7 Å². The minimum atomic E-state index is 0.167. The van der Waals surface area contributed by atoms with Crippen LogP contribution < -0.4 is 0 Å². The first-order valence-electron chi connectivity index (χ1n) is 7.84. The predicted molar refractivity (Wildman–Crippen MR) is 88.7 cm³/mol. The molecule has 1 aliphatic rings. The van der Waals surface area contributed by atoms with E-state index in [9.17, 15) is 4.79 Å². The number of pyridine rings is 1. The van der Waals surface area contributed by atoms with E-state index in [1.165, 1.54) is 6.42 Å². The van der Waals surface area contributed by atoms with E-state index >= 15 is 0 Å². The fourth-order valence-electron chi connectivity index (χ4n) is 3.05. The molecule has 0 aromatic carbocycles. The lowest BCUT2D eigenvalue weighted by atomic mass is 9.95. The number of rotatable bonds is 3. The molecule has 116 valence electrons. The minimum absolute atomic E-state index is 0.167. The van der Waals surface area contributed by atoms with Crippen LogP contribution in [0.2, 0.25) is 0 Å². The van der Waals surface area contributed by atoms with Crippen molar-refractivity contribution < 1.29 is 4.79 Å². The number of carbonyl (C=O) groups excluding carboxylic acids is 1. The number of aromatic nitrogens is 1. The van der Waals surface area contributed by atoms with Crippen LogP contribution in [-0.2, 0) is 0 Å². The van der Waals surface area contributed by atoms with Crippen molar-refractivity contribution in [3.05, 3.63) is 23.9 Å². The molecule has 0 N–H and O–H groups in total. The molecule has 1 fully saturated rings. The molecule has 1 aromatic rings. The lowest BCUT2D eigenvalue weighted by Gasteiger charge is -2.33. The minimum Gasteiger partial charge on any atom is -0.335 e. The van der Waals surface area contributed by atoms with Crippen molar-refractivity contribution in [3.63, 3.8) is 0 Å². The first-order chi connectivity index (χ1) is 10.0. The average Bonchev–Trinajstić information content (AvgIpc) is 2.68. The van der Waals surface area contributed by atoms with Gasteiger partial charge in [0.25, 0.3) is 5.91 Å². The zero-order valence-electron chi connectivity index (χ0n) is 13.5. The van der Waals surface area contributed by atoms with Gasteiger partial charge in [0.15, 0.2) is 0 Å². The molecule has 1 saturated heterocycles. The maximum atomic E-state index is 12.9.